The summed E-state index contributed by atoms with van der Waals surface area (Å²) >= 11 is 5.66. The van der Waals surface area contributed by atoms with E-state index in [1.807, 2.05) is 0 Å². The molecule has 2 N–H and O–H groups in total. The average molecular weight is 371 g/mol. The molecule has 0 spiro atoms. The van der Waals surface area contributed by atoms with Crippen LogP contribution in [0.15, 0.2) is 41.3 Å². The maximum absolute atomic E-state index is 12.4. The van der Waals surface area contributed by atoms with Crippen LogP contribution in [0.4, 0.5) is 11.4 Å². The number of halogens is 1. The van der Waals surface area contributed by atoms with E-state index in [-0.39, 0.29) is 16.3 Å². The lowest BCUT2D eigenvalue weighted by Crippen LogP contribution is -2.16. The van der Waals surface area contributed by atoms with Gasteiger partial charge in [0.15, 0.2) is 0 Å². The Kier molecular flexibility index (Phi) is 4.76. The van der Waals surface area contributed by atoms with Crippen molar-refractivity contribution >= 4 is 39.0 Å². The van der Waals surface area contributed by atoms with Crippen molar-refractivity contribution < 1.29 is 23.2 Å². The van der Waals surface area contributed by atoms with E-state index < -0.39 is 31.5 Å². The number of carboxylic acid groups (broad SMARTS) is 1. The zero-order chi connectivity index (χ0) is 18.1. The van der Waals surface area contributed by atoms with Crippen LogP contribution < -0.4 is 4.72 Å². The zero-order valence-corrected chi connectivity index (χ0v) is 13.8. The second-order valence-electron chi connectivity index (χ2n) is 4.78. The molecule has 2 aromatic rings. The standard InChI is InChI=1S/C14H11ClN2O6S/c1-8-3-2-4-10(14(18)19)13(8)16-24(22,23)9-5-6-11(15)12(7-9)17(20)21/h2-7,16H,1H3,(H,18,19). The van der Waals surface area contributed by atoms with Gasteiger partial charge in [0.05, 0.1) is 21.1 Å². The Morgan fingerprint density at radius 3 is 2.54 bits per heavy atom. The fourth-order valence-corrected chi connectivity index (χ4v) is 3.33. The molecule has 24 heavy (non-hydrogen) atoms. The second kappa shape index (κ2) is 6.46. The normalized spacial score (nSPS) is 11.1. The molecule has 0 saturated carbocycles. The van der Waals surface area contributed by atoms with Crippen LogP contribution in [-0.2, 0) is 10.0 Å². The van der Waals surface area contributed by atoms with Gasteiger partial charge in [-0.1, -0.05) is 23.7 Å². The highest BCUT2D eigenvalue weighted by Crippen LogP contribution is 2.29. The maximum atomic E-state index is 12.4. The Labute approximate surface area is 141 Å². The molecule has 0 bridgehead atoms. The van der Waals surface area contributed by atoms with Crippen LogP contribution in [0.25, 0.3) is 0 Å². The zero-order valence-electron chi connectivity index (χ0n) is 12.2. The summed E-state index contributed by atoms with van der Waals surface area (Å²) in [5.41, 5.74) is -0.519. The van der Waals surface area contributed by atoms with Gasteiger partial charge >= 0.3 is 5.97 Å². The van der Waals surface area contributed by atoms with Gasteiger partial charge in [-0.2, -0.15) is 0 Å². The maximum Gasteiger partial charge on any atom is 0.337 e. The molecular formula is C14H11ClN2O6S. The molecule has 0 atom stereocenters. The highest BCUT2D eigenvalue weighted by molar-refractivity contribution is 7.92. The van der Waals surface area contributed by atoms with Crippen molar-refractivity contribution in [1.29, 1.82) is 0 Å². The lowest BCUT2D eigenvalue weighted by atomic mass is 10.1. The van der Waals surface area contributed by atoms with Gasteiger partial charge < -0.3 is 5.11 Å². The van der Waals surface area contributed by atoms with Gasteiger partial charge in [0.2, 0.25) is 0 Å². The number of para-hydroxylation sites is 1. The number of aryl methyl sites for hydroxylation is 1. The Hall–Kier alpha value is -2.65. The van der Waals surface area contributed by atoms with Crippen molar-refractivity contribution in [1.82, 2.24) is 0 Å². The summed E-state index contributed by atoms with van der Waals surface area (Å²) in [7, 11) is -4.24. The Balaban J connectivity index is 2.53. The van der Waals surface area contributed by atoms with Crippen LogP contribution in [0, 0.1) is 17.0 Å². The molecule has 126 valence electrons. The first-order valence-corrected chi connectivity index (χ1v) is 8.29. The SMILES string of the molecule is Cc1cccc(C(=O)O)c1NS(=O)(=O)c1ccc(Cl)c([N+](=O)[O-])c1. The number of nitrogens with one attached hydrogen (secondary N) is 1. The van der Waals surface area contributed by atoms with Crippen molar-refractivity contribution in [2.75, 3.05) is 4.72 Å². The summed E-state index contributed by atoms with van der Waals surface area (Å²) in [5, 5.41) is 19.8. The van der Waals surface area contributed by atoms with Crippen LogP contribution in [0.5, 0.6) is 0 Å². The number of nitro groups is 1. The Morgan fingerprint density at radius 1 is 1.29 bits per heavy atom. The van der Waals surface area contributed by atoms with Gasteiger partial charge in [0.1, 0.15) is 5.02 Å². The highest BCUT2D eigenvalue weighted by atomic mass is 35.5. The van der Waals surface area contributed by atoms with E-state index in [9.17, 15) is 23.3 Å². The number of rotatable bonds is 5. The number of benzene rings is 2. The van der Waals surface area contributed by atoms with Gasteiger partial charge in [-0.3, -0.25) is 14.8 Å². The lowest BCUT2D eigenvalue weighted by molar-refractivity contribution is -0.384. The van der Waals surface area contributed by atoms with Crippen molar-refractivity contribution in [2.45, 2.75) is 11.8 Å². The number of nitro benzene ring substituents is 1. The number of carbonyl (C=O) groups is 1. The predicted molar refractivity (Wildman–Crippen MR) is 87.1 cm³/mol. The van der Waals surface area contributed by atoms with Crippen molar-refractivity contribution in [3.05, 3.63) is 62.7 Å². The highest BCUT2D eigenvalue weighted by Gasteiger charge is 2.23. The molecule has 10 heteroatoms. The van der Waals surface area contributed by atoms with E-state index in [4.69, 9.17) is 16.7 Å². The predicted octanol–water partition coefficient (Wildman–Crippen LogP) is 3.06. The van der Waals surface area contributed by atoms with E-state index in [2.05, 4.69) is 4.72 Å². The number of hydrogen-bond donors (Lipinski definition) is 2. The number of nitrogens with zero attached hydrogens (tertiary/aromatic N) is 1. The molecule has 0 aliphatic rings. The van der Waals surface area contributed by atoms with Crippen LogP contribution in [0.2, 0.25) is 5.02 Å². The molecule has 0 fully saturated rings. The third-order valence-corrected chi connectivity index (χ3v) is 4.83. The van der Waals surface area contributed by atoms with Crippen LogP contribution in [0.1, 0.15) is 15.9 Å². The topological polar surface area (TPSA) is 127 Å². The smallest absolute Gasteiger partial charge is 0.337 e. The van der Waals surface area contributed by atoms with E-state index in [1.54, 1.807) is 0 Å². The minimum Gasteiger partial charge on any atom is -0.478 e. The fourth-order valence-electron chi connectivity index (χ4n) is 1.97. The molecule has 0 heterocycles. The Bertz CT molecular complexity index is 942. The van der Waals surface area contributed by atoms with Gasteiger partial charge in [-0.25, -0.2) is 13.2 Å². The molecule has 0 aliphatic carbocycles. The molecular weight excluding hydrogens is 360 g/mol. The summed E-state index contributed by atoms with van der Waals surface area (Å²) in [6.45, 7) is 1.54. The summed E-state index contributed by atoms with van der Waals surface area (Å²) in [5.74, 6) is -1.31. The van der Waals surface area contributed by atoms with Crippen LogP contribution in [0.3, 0.4) is 0 Å². The van der Waals surface area contributed by atoms with Gasteiger partial charge in [-0.15, -0.1) is 0 Å². The first-order valence-electron chi connectivity index (χ1n) is 6.43. The number of hydrogen-bond acceptors (Lipinski definition) is 5. The van der Waals surface area contributed by atoms with Crippen LogP contribution in [-0.4, -0.2) is 24.4 Å². The molecule has 0 amide bonds. The first-order chi connectivity index (χ1) is 11.1. The number of sulfonamides is 1. The lowest BCUT2D eigenvalue weighted by Gasteiger charge is -2.13. The first kappa shape index (κ1) is 17.7. The van der Waals surface area contributed by atoms with Crippen LogP contribution >= 0.6 is 11.6 Å². The van der Waals surface area contributed by atoms with E-state index >= 15 is 0 Å². The molecule has 8 nitrogen and oxygen atoms in total. The van der Waals surface area contributed by atoms with Gasteiger partial charge in [0, 0.05) is 6.07 Å². The van der Waals surface area contributed by atoms with E-state index in [1.165, 1.54) is 25.1 Å². The molecule has 2 rings (SSSR count). The minimum absolute atomic E-state index is 0.109. The fraction of sp³-hybridized carbons (Fsp3) is 0.0714. The number of aromatic carboxylic acids is 1. The summed E-state index contributed by atoms with van der Waals surface area (Å²) < 4.78 is 27.1. The summed E-state index contributed by atoms with van der Waals surface area (Å²) in [4.78, 5) is 20.9. The van der Waals surface area contributed by atoms with E-state index in [0.29, 0.717) is 5.56 Å². The second-order valence-corrected chi connectivity index (χ2v) is 6.87. The third kappa shape index (κ3) is 3.47. The molecule has 2 aromatic carbocycles. The molecule has 0 radical (unpaired) electrons. The van der Waals surface area contributed by atoms with Gasteiger partial charge in [-0.05, 0) is 30.7 Å². The van der Waals surface area contributed by atoms with Crippen molar-refractivity contribution in [3.8, 4) is 0 Å². The molecule has 0 aromatic heterocycles. The largest absolute Gasteiger partial charge is 0.478 e. The summed E-state index contributed by atoms with van der Waals surface area (Å²) in [6.07, 6.45) is 0. The number of anilines is 1. The minimum atomic E-state index is -4.24. The molecule has 0 saturated heterocycles. The number of carboxylic acids is 1. The Morgan fingerprint density at radius 2 is 1.96 bits per heavy atom. The monoisotopic (exact) mass is 370 g/mol. The summed E-state index contributed by atoms with van der Waals surface area (Å²) in [6, 6.07) is 7.25. The average Bonchev–Trinajstić information content (AvgIpc) is 2.48. The molecule has 0 aliphatic heterocycles. The quantitative estimate of drug-likeness (QED) is 0.615. The van der Waals surface area contributed by atoms with E-state index in [0.717, 1.165) is 18.2 Å². The molecule has 0 unspecified atom stereocenters. The van der Waals surface area contributed by atoms with Crippen molar-refractivity contribution in [2.24, 2.45) is 0 Å². The van der Waals surface area contributed by atoms with Gasteiger partial charge in [0.25, 0.3) is 15.7 Å². The third-order valence-electron chi connectivity index (χ3n) is 3.16. The van der Waals surface area contributed by atoms with Crippen molar-refractivity contribution in [3.63, 3.8) is 0 Å².